The van der Waals surface area contributed by atoms with Crippen molar-refractivity contribution in [3.63, 3.8) is 0 Å². The number of hydrogen-bond acceptors (Lipinski definition) is 5. The second-order valence-electron chi connectivity index (χ2n) is 8.42. The standard InChI is InChI=1S/C25H27NO5/c1-17-3-5-18(6-4-17)21(27)8-10-24(29)26-13-11-25(12-14-26)16-22(28)20-15-19(30-2)7-9-23(20)31-25/h3-7,9,15H,8,10-14,16H2,1-2H3. The highest BCUT2D eigenvalue weighted by Crippen LogP contribution is 2.40. The summed E-state index contributed by atoms with van der Waals surface area (Å²) >= 11 is 0. The van der Waals surface area contributed by atoms with E-state index >= 15 is 0 Å². The number of methoxy groups -OCH3 is 1. The van der Waals surface area contributed by atoms with Crippen LogP contribution in [0.4, 0.5) is 0 Å². The van der Waals surface area contributed by atoms with E-state index in [9.17, 15) is 14.4 Å². The Bertz CT molecular complexity index is 1000. The summed E-state index contributed by atoms with van der Waals surface area (Å²) in [6.45, 7) is 3.02. The summed E-state index contributed by atoms with van der Waals surface area (Å²) < 4.78 is 11.5. The molecule has 0 saturated carbocycles. The van der Waals surface area contributed by atoms with Crippen molar-refractivity contribution in [2.24, 2.45) is 0 Å². The molecule has 0 unspecified atom stereocenters. The number of benzene rings is 2. The molecule has 1 fully saturated rings. The maximum absolute atomic E-state index is 12.7. The van der Waals surface area contributed by atoms with Gasteiger partial charge in [0, 0.05) is 44.3 Å². The quantitative estimate of drug-likeness (QED) is 0.683. The van der Waals surface area contributed by atoms with Crippen LogP contribution in [0.5, 0.6) is 11.5 Å². The summed E-state index contributed by atoms with van der Waals surface area (Å²) in [6, 6.07) is 12.7. The highest BCUT2D eigenvalue weighted by Gasteiger charge is 2.43. The Balaban J connectivity index is 1.33. The predicted octanol–water partition coefficient (Wildman–Crippen LogP) is 3.99. The van der Waals surface area contributed by atoms with Gasteiger partial charge in [-0.05, 0) is 25.1 Å². The van der Waals surface area contributed by atoms with Crippen LogP contribution in [0.25, 0.3) is 0 Å². The van der Waals surface area contributed by atoms with Gasteiger partial charge in [-0.25, -0.2) is 0 Å². The SMILES string of the molecule is COc1ccc2c(c1)C(=O)CC1(CCN(C(=O)CCC(=O)c3ccc(C)cc3)CC1)O2. The summed E-state index contributed by atoms with van der Waals surface area (Å²) in [4.78, 5) is 39.5. The van der Waals surface area contributed by atoms with Crippen LogP contribution in [0, 0.1) is 6.92 Å². The van der Waals surface area contributed by atoms with E-state index in [1.54, 1.807) is 42.3 Å². The Labute approximate surface area is 182 Å². The van der Waals surface area contributed by atoms with Crippen LogP contribution in [0.1, 0.15) is 58.4 Å². The Morgan fingerprint density at radius 2 is 1.77 bits per heavy atom. The molecule has 31 heavy (non-hydrogen) atoms. The molecule has 6 heteroatoms. The monoisotopic (exact) mass is 421 g/mol. The van der Waals surface area contributed by atoms with Crippen molar-refractivity contribution in [1.82, 2.24) is 4.90 Å². The van der Waals surface area contributed by atoms with Crippen molar-refractivity contribution < 1.29 is 23.9 Å². The Hall–Kier alpha value is -3.15. The lowest BCUT2D eigenvalue weighted by molar-refractivity contribution is -0.134. The van der Waals surface area contributed by atoms with Gasteiger partial charge in [-0.15, -0.1) is 0 Å². The van der Waals surface area contributed by atoms with Crippen molar-refractivity contribution >= 4 is 17.5 Å². The second-order valence-corrected chi connectivity index (χ2v) is 8.42. The van der Waals surface area contributed by atoms with Gasteiger partial charge in [0.25, 0.3) is 0 Å². The minimum atomic E-state index is -0.562. The second kappa shape index (κ2) is 8.53. The zero-order valence-electron chi connectivity index (χ0n) is 18.0. The van der Waals surface area contributed by atoms with Crippen molar-refractivity contribution in [2.75, 3.05) is 20.2 Å². The number of piperidine rings is 1. The number of fused-ring (bicyclic) bond motifs is 1. The molecule has 2 aromatic rings. The van der Waals surface area contributed by atoms with Crippen molar-refractivity contribution in [2.45, 2.75) is 44.6 Å². The molecule has 2 heterocycles. The number of ketones is 2. The van der Waals surface area contributed by atoms with E-state index in [4.69, 9.17) is 9.47 Å². The van der Waals surface area contributed by atoms with E-state index in [2.05, 4.69) is 0 Å². The van der Waals surface area contributed by atoms with Gasteiger partial charge < -0.3 is 14.4 Å². The summed E-state index contributed by atoms with van der Waals surface area (Å²) in [5.41, 5.74) is 1.73. The first kappa shape index (κ1) is 21.1. The van der Waals surface area contributed by atoms with Crippen LogP contribution in [0.2, 0.25) is 0 Å². The van der Waals surface area contributed by atoms with E-state index < -0.39 is 5.60 Å². The third-order valence-corrected chi connectivity index (χ3v) is 6.26. The molecule has 4 rings (SSSR count). The van der Waals surface area contributed by atoms with Crippen LogP contribution in [0.3, 0.4) is 0 Å². The van der Waals surface area contributed by atoms with Gasteiger partial charge >= 0.3 is 0 Å². The topological polar surface area (TPSA) is 72.9 Å². The molecule has 2 aliphatic heterocycles. The number of carbonyl (C=O) groups excluding carboxylic acids is 3. The van der Waals surface area contributed by atoms with Crippen LogP contribution in [-0.4, -0.2) is 48.2 Å². The number of Topliss-reactive ketones (excluding diaryl/α,β-unsaturated/α-hetero) is 2. The summed E-state index contributed by atoms with van der Waals surface area (Å²) in [5.74, 6) is 1.22. The van der Waals surface area contributed by atoms with Crippen LogP contribution in [-0.2, 0) is 4.79 Å². The lowest BCUT2D eigenvalue weighted by Crippen LogP contribution is -2.52. The summed E-state index contributed by atoms with van der Waals surface area (Å²) in [7, 11) is 1.57. The van der Waals surface area contributed by atoms with E-state index in [-0.39, 0.29) is 30.3 Å². The Morgan fingerprint density at radius 1 is 1.06 bits per heavy atom. The zero-order chi connectivity index (χ0) is 22.0. The van der Waals surface area contributed by atoms with Gasteiger partial charge in [0.15, 0.2) is 11.6 Å². The zero-order valence-corrected chi connectivity index (χ0v) is 18.0. The first-order valence-corrected chi connectivity index (χ1v) is 10.7. The summed E-state index contributed by atoms with van der Waals surface area (Å²) in [6.07, 6.45) is 1.90. The average Bonchev–Trinajstić information content (AvgIpc) is 2.78. The molecule has 1 spiro atoms. The number of ether oxygens (including phenoxy) is 2. The van der Waals surface area contributed by atoms with Crippen LogP contribution >= 0.6 is 0 Å². The third kappa shape index (κ3) is 4.48. The van der Waals surface area contributed by atoms with Gasteiger partial charge in [0.1, 0.15) is 17.1 Å². The molecular weight excluding hydrogens is 394 g/mol. The molecule has 1 amide bonds. The highest BCUT2D eigenvalue weighted by molar-refractivity contribution is 6.01. The number of amides is 1. The molecule has 0 bridgehead atoms. The van der Waals surface area contributed by atoms with Crippen molar-refractivity contribution in [3.05, 3.63) is 59.2 Å². The van der Waals surface area contributed by atoms with Gasteiger partial charge in [0.2, 0.25) is 5.91 Å². The molecule has 0 aliphatic carbocycles. The number of nitrogens with zero attached hydrogens (tertiary/aromatic N) is 1. The number of carbonyl (C=O) groups is 3. The predicted molar refractivity (Wildman–Crippen MR) is 116 cm³/mol. The van der Waals surface area contributed by atoms with Crippen molar-refractivity contribution in [3.8, 4) is 11.5 Å². The molecule has 2 aromatic carbocycles. The molecular formula is C25H27NO5. The van der Waals surface area contributed by atoms with E-state index in [1.807, 2.05) is 19.1 Å². The van der Waals surface area contributed by atoms with Gasteiger partial charge in [-0.1, -0.05) is 29.8 Å². The van der Waals surface area contributed by atoms with Gasteiger partial charge in [-0.2, -0.15) is 0 Å². The van der Waals surface area contributed by atoms with Crippen molar-refractivity contribution in [1.29, 1.82) is 0 Å². The third-order valence-electron chi connectivity index (χ3n) is 6.26. The van der Waals surface area contributed by atoms with Crippen LogP contribution < -0.4 is 9.47 Å². The normalized spacial score (nSPS) is 17.1. The molecule has 162 valence electrons. The van der Waals surface area contributed by atoms with Crippen LogP contribution in [0.15, 0.2) is 42.5 Å². The van der Waals surface area contributed by atoms with Gasteiger partial charge in [0.05, 0.1) is 19.1 Å². The largest absolute Gasteiger partial charge is 0.497 e. The van der Waals surface area contributed by atoms with Gasteiger partial charge in [-0.3, -0.25) is 14.4 Å². The first-order valence-electron chi connectivity index (χ1n) is 10.7. The lowest BCUT2D eigenvalue weighted by atomic mass is 9.82. The molecule has 0 radical (unpaired) electrons. The van der Waals surface area contributed by atoms with E-state index in [0.717, 1.165) is 5.56 Å². The first-order chi connectivity index (χ1) is 14.9. The lowest BCUT2D eigenvalue weighted by Gasteiger charge is -2.44. The molecule has 0 N–H and O–H groups in total. The highest BCUT2D eigenvalue weighted by atomic mass is 16.5. The fourth-order valence-corrected chi connectivity index (χ4v) is 4.30. The number of hydrogen-bond donors (Lipinski definition) is 0. The average molecular weight is 421 g/mol. The Kier molecular flexibility index (Phi) is 5.81. The molecule has 1 saturated heterocycles. The summed E-state index contributed by atoms with van der Waals surface area (Å²) in [5, 5.41) is 0. The molecule has 0 atom stereocenters. The van der Waals surface area contributed by atoms with E-state index in [0.29, 0.717) is 55.0 Å². The number of aryl methyl sites for hydroxylation is 1. The fourth-order valence-electron chi connectivity index (χ4n) is 4.30. The maximum atomic E-state index is 12.7. The smallest absolute Gasteiger partial charge is 0.223 e. The fraction of sp³-hybridized carbons (Fsp3) is 0.400. The molecule has 2 aliphatic rings. The minimum absolute atomic E-state index is 0.0184. The molecule has 0 aromatic heterocycles. The van der Waals surface area contributed by atoms with E-state index in [1.165, 1.54) is 0 Å². The minimum Gasteiger partial charge on any atom is -0.497 e. The number of likely N-dealkylation sites (tertiary alicyclic amines) is 1. The molecule has 6 nitrogen and oxygen atoms in total. The Morgan fingerprint density at radius 3 is 2.45 bits per heavy atom. The number of rotatable bonds is 5. The maximum Gasteiger partial charge on any atom is 0.223 e.